The second-order valence-electron chi connectivity index (χ2n) is 4.92. The zero-order chi connectivity index (χ0) is 15.2. The highest BCUT2D eigenvalue weighted by atomic mass is 16.4. The minimum atomic E-state index is -0.932. The molecular formula is C15H23N3O2. The molecule has 0 saturated heterocycles. The van der Waals surface area contributed by atoms with E-state index in [1.165, 1.54) is 0 Å². The summed E-state index contributed by atoms with van der Waals surface area (Å²) in [4.78, 5) is 14.3. The second-order valence-corrected chi connectivity index (χ2v) is 4.92. The Morgan fingerprint density at radius 1 is 1.30 bits per heavy atom. The topological polar surface area (TPSA) is 78.9 Å². The van der Waals surface area contributed by atoms with Crippen molar-refractivity contribution in [3.05, 3.63) is 35.9 Å². The van der Waals surface area contributed by atoms with E-state index in [9.17, 15) is 4.79 Å². The van der Waals surface area contributed by atoms with Gasteiger partial charge >= 0.3 is 0 Å². The molecule has 1 aromatic carbocycles. The van der Waals surface area contributed by atoms with Gasteiger partial charge in [0.25, 0.3) is 0 Å². The molecule has 0 aliphatic rings. The number of oxime groups is 1. The van der Waals surface area contributed by atoms with Crippen LogP contribution in [0.2, 0.25) is 0 Å². The molecule has 3 N–H and O–H groups in total. The molecule has 0 heterocycles. The van der Waals surface area contributed by atoms with Crippen molar-refractivity contribution in [2.24, 2.45) is 16.3 Å². The quantitative estimate of drug-likeness (QED) is 0.362. The summed E-state index contributed by atoms with van der Waals surface area (Å²) < 4.78 is 0. The molecule has 0 aromatic heterocycles. The fourth-order valence-electron chi connectivity index (χ4n) is 2.41. The van der Waals surface area contributed by atoms with E-state index in [-0.39, 0.29) is 11.7 Å². The van der Waals surface area contributed by atoms with Gasteiger partial charge in [-0.1, -0.05) is 49.3 Å². The van der Waals surface area contributed by atoms with E-state index >= 15 is 0 Å². The Morgan fingerprint density at radius 2 is 1.85 bits per heavy atom. The molecule has 5 nitrogen and oxygen atoms in total. The Bertz CT molecular complexity index is 467. The first-order valence-electron chi connectivity index (χ1n) is 6.79. The van der Waals surface area contributed by atoms with Crippen molar-refractivity contribution in [1.82, 2.24) is 4.90 Å². The molecule has 0 bridgehead atoms. The number of carbonyl (C=O) groups excluding carboxylic acids is 1. The second kappa shape index (κ2) is 6.93. The first-order chi connectivity index (χ1) is 9.51. The molecule has 0 aliphatic carbocycles. The fourth-order valence-corrected chi connectivity index (χ4v) is 2.41. The van der Waals surface area contributed by atoms with E-state index in [0.717, 1.165) is 5.56 Å². The molecule has 0 saturated carbocycles. The van der Waals surface area contributed by atoms with Crippen molar-refractivity contribution in [1.29, 1.82) is 0 Å². The summed E-state index contributed by atoms with van der Waals surface area (Å²) in [6.45, 7) is 4.24. The van der Waals surface area contributed by atoms with Gasteiger partial charge in [0.2, 0.25) is 5.91 Å². The Morgan fingerprint density at radius 3 is 2.30 bits per heavy atom. The third-order valence-corrected chi connectivity index (χ3v) is 3.82. The molecule has 0 spiro atoms. The minimum Gasteiger partial charge on any atom is -0.409 e. The van der Waals surface area contributed by atoms with Crippen LogP contribution in [0.4, 0.5) is 0 Å². The van der Waals surface area contributed by atoms with E-state index in [0.29, 0.717) is 19.4 Å². The number of nitrogens with two attached hydrogens (primary N) is 1. The van der Waals surface area contributed by atoms with Crippen molar-refractivity contribution in [3.8, 4) is 0 Å². The van der Waals surface area contributed by atoms with Crippen molar-refractivity contribution >= 4 is 11.7 Å². The average molecular weight is 277 g/mol. The molecule has 0 unspecified atom stereocenters. The number of amides is 1. The van der Waals surface area contributed by atoms with E-state index in [4.69, 9.17) is 10.9 Å². The molecule has 20 heavy (non-hydrogen) atoms. The Kier molecular flexibility index (Phi) is 5.55. The number of rotatable bonds is 6. The number of amidine groups is 1. The maximum absolute atomic E-state index is 12.7. The normalized spacial score (nSPS) is 12.2. The van der Waals surface area contributed by atoms with Crippen LogP contribution < -0.4 is 5.73 Å². The fraction of sp³-hybridized carbons (Fsp3) is 0.467. The maximum Gasteiger partial charge on any atom is 0.236 e. The van der Waals surface area contributed by atoms with Gasteiger partial charge in [-0.05, 0) is 18.4 Å². The zero-order valence-electron chi connectivity index (χ0n) is 12.3. The monoisotopic (exact) mass is 277 g/mol. The summed E-state index contributed by atoms with van der Waals surface area (Å²) in [7, 11) is 1.74. The van der Waals surface area contributed by atoms with Gasteiger partial charge in [-0.25, -0.2) is 0 Å². The SMILES string of the molecule is CCC(CC)(C(=O)N(C)Cc1ccccc1)C(N)=NO. The average Bonchev–Trinajstić information content (AvgIpc) is 2.49. The van der Waals surface area contributed by atoms with Gasteiger partial charge < -0.3 is 15.8 Å². The molecule has 1 amide bonds. The van der Waals surface area contributed by atoms with Crippen LogP contribution >= 0.6 is 0 Å². The van der Waals surface area contributed by atoms with Crippen molar-refractivity contribution < 1.29 is 10.0 Å². The molecule has 1 rings (SSSR count). The first-order valence-corrected chi connectivity index (χ1v) is 6.79. The third-order valence-electron chi connectivity index (χ3n) is 3.82. The van der Waals surface area contributed by atoms with Gasteiger partial charge in [0.1, 0.15) is 5.41 Å². The summed E-state index contributed by atoms with van der Waals surface area (Å²) in [6, 6.07) is 9.73. The summed E-state index contributed by atoms with van der Waals surface area (Å²) in [5, 5.41) is 12.0. The predicted molar refractivity (Wildman–Crippen MR) is 79.3 cm³/mol. The van der Waals surface area contributed by atoms with E-state index < -0.39 is 5.41 Å². The number of carbonyl (C=O) groups is 1. The van der Waals surface area contributed by atoms with Crippen LogP contribution in [0, 0.1) is 5.41 Å². The van der Waals surface area contributed by atoms with E-state index in [1.807, 2.05) is 44.2 Å². The lowest BCUT2D eigenvalue weighted by molar-refractivity contribution is -0.138. The summed E-state index contributed by atoms with van der Waals surface area (Å²) >= 11 is 0. The molecule has 0 aliphatic heterocycles. The van der Waals surface area contributed by atoms with Crippen molar-refractivity contribution in [2.45, 2.75) is 33.2 Å². The van der Waals surface area contributed by atoms with E-state index in [2.05, 4.69) is 5.16 Å². The van der Waals surface area contributed by atoms with Gasteiger partial charge in [0, 0.05) is 13.6 Å². The molecule has 5 heteroatoms. The van der Waals surface area contributed by atoms with Crippen LogP contribution in [0.15, 0.2) is 35.5 Å². The van der Waals surface area contributed by atoms with Gasteiger partial charge in [-0.2, -0.15) is 0 Å². The zero-order valence-corrected chi connectivity index (χ0v) is 12.3. The van der Waals surface area contributed by atoms with Crippen LogP contribution in [0.25, 0.3) is 0 Å². The van der Waals surface area contributed by atoms with Crippen LogP contribution in [0.3, 0.4) is 0 Å². The van der Waals surface area contributed by atoms with E-state index in [1.54, 1.807) is 11.9 Å². The molecule has 110 valence electrons. The highest BCUT2D eigenvalue weighted by Gasteiger charge is 2.41. The Balaban J connectivity index is 2.96. The molecule has 1 aromatic rings. The number of hydrogen-bond donors (Lipinski definition) is 2. The van der Waals surface area contributed by atoms with Crippen LogP contribution in [0.1, 0.15) is 32.3 Å². The van der Waals surface area contributed by atoms with Gasteiger partial charge in [-0.15, -0.1) is 0 Å². The maximum atomic E-state index is 12.7. The molecular weight excluding hydrogens is 254 g/mol. The largest absolute Gasteiger partial charge is 0.409 e. The summed E-state index contributed by atoms with van der Waals surface area (Å²) in [6.07, 6.45) is 0.995. The number of benzene rings is 1. The highest BCUT2D eigenvalue weighted by molar-refractivity contribution is 6.06. The Hall–Kier alpha value is -2.04. The smallest absolute Gasteiger partial charge is 0.236 e. The standard InChI is InChI=1S/C15H23N3O2/c1-4-15(5-2,13(16)17-20)14(19)18(3)11-12-9-7-6-8-10-12/h6-10,20H,4-5,11H2,1-3H3,(H2,16,17). The van der Waals surface area contributed by atoms with Gasteiger partial charge in [-0.3, -0.25) is 4.79 Å². The van der Waals surface area contributed by atoms with Crippen LogP contribution in [0.5, 0.6) is 0 Å². The first kappa shape index (κ1) is 16.0. The van der Waals surface area contributed by atoms with Crippen LogP contribution in [-0.4, -0.2) is 28.9 Å². The molecule has 0 atom stereocenters. The van der Waals surface area contributed by atoms with Crippen molar-refractivity contribution in [2.75, 3.05) is 7.05 Å². The Labute approximate surface area is 120 Å². The van der Waals surface area contributed by atoms with Gasteiger partial charge in [0.05, 0.1) is 0 Å². The molecule has 0 radical (unpaired) electrons. The lowest BCUT2D eigenvalue weighted by Gasteiger charge is -2.33. The van der Waals surface area contributed by atoms with Crippen molar-refractivity contribution in [3.63, 3.8) is 0 Å². The summed E-state index contributed by atoms with van der Waals surface area (Å²) in [5.74, 6) is -0.144. The summed E-state index contributed by atoms with van der Waals surface area (Å²) in [5.41, 5.74) is 5.87. The lowest BCUT2D eigenvalue weighted by atomic mass is 9.79. The predicted octanol–water partition coefficient (Wildman–Crippen LogP) is 2.20. The minimum absolute atomic E-state index is 0.0209. The number of nitrogens with zero attached hydrogens (tertiary/aromatic N) is 2. The van der Waals surface area contributed by atoms with Gasteiger partial charge in [0.15, 0.2) is 5.84 Å². The number of hydrogen-bond acceptors (Lipinski definition) is 3. The third kappa shape index (κ3) is 3.10. The molecule has 0 fully saturated rings. The lowest BCUT2D eigenvalue weighted by Crippen LogP contribution is -2.49. The van der Waals surface area contributed by atoms with Crippen LogP contribution in [-0.2, 0) is 11.3 Å². The highest BCUT2D eigenvalue weighted by Crippen LogP contribution is 2.29.